The minimum Gasteiger partial charge on any atom is -0.506 e. The van der Waals surface area contributed by atoms with Crippen molar-refractivity contribution in [3.05, 3.63) is 81.9 Å². The van der Waals surface area contributed by atoms with Crippen LogP contribution in [-0.4, -0.2) is 36.0 Å². The van der Waals surface area contributed by atoms with Crippen LogP contribution >= 0.6 is 38.9 Å². The lowest BCUT2D eigenvalue weighted by Crippen LogP contribution is -2.40. The van der Waals surface area contributed by atoms with Crippen molar-refractivity contribution in [3.63, 3.8) is 0 Å². The molecule has 37 heavy (non-hydrogen) atoms. The number of aromatic hydroxyl groups is 1. The first kappa shape index (κ1) is 27.0. The Morgan fingerprint density at radius 3 is 2.68 bits per heavy atom. The molecular weight excluding hydrogens is 584 g/mol. The summed E-state index contributed by atoms with van der Waals surface area (Å²) in [7, 11) is 1.54. The highest BCUT2D eigenvalue weighted by Crippen LogP contribution is 2.36. The molecule has 0 spiro atoms. The first-order valence-electron chi connectivity index (χ1n) is 11.4. The number of allylic oxidation sites excluding steroid dienone is 1. The van der Waals surface area contributed by atoms with Gasteiger partial charge in [-0.05, 0) is 56.7 Å². The number of fused-ring (bicyclic) bond motifs is 1. The fraction of sp³-hybridized carbons (Fsp3) is 0.269. The second-order valence-electron chi connectivity index (χ2n) is 7.97. The van der Waals surface area contributed by atoms with E-state index in [4.69, 9.17) is 25.8 Å². The molecule has 0 unspecified atom stereocenters. The number of phenols is 1. The molecule has 0 fully saturated rings. The smallest absolute Gasteiger partial charge is 0.338 e. The molecule has 0 saturated heterocycles. The fourth-order valence-electron chi connectivity index (χ4n) is 4.08. The molecule has 1 atom stereocenters. The van der Waals surface area contributed by atoms with Gasteiger partial charge in [0.25, 0.3) is 5.56 Å². The first-order chi connectivity index (χ1) is 17.7. The third-order valence-corrected chi connectivity index (χ3v) is 7.39. The van der Waals surface area contributed by atoms with Crippen molar-refractivity contribution in [2.75, 3.05) is 20.3 Å². The number of aromatic nitrogens is 1. The molecule has 1 aromatic heterocycles. The molecule has 2 heterocycles. The van der Waals surface area contributed by atoms with E-state index in [2.05, 4.69) is 20.9 Å². The summed E-state index contributed by atoms with van der Waals surface area (Å²) in [4.78, 5) is 31.8. The number of esters is 1. The molecule has 3 aromatic rings. The van der Waals surface area contributed by atoms with Crippen LogP contribution < -0.4 is 24.4 Å². The second kappa shape index (κ2) is 11.1. The van der Waals surface area contributed by atoms with Crippen molar-refractivity contribution in [1.82, 2.24) is 4.57 Å². The van der Waals surface area contributed by atoms with Crippen molar-refractivity contribution in [3.8, 4) is 17.2 Å². The molecule has 1 N–H and O–H groups in total. The predicted octanol–water partition coefficient (Wildman–Crippen LogP) is 4.33. The summed E-state index contributed by atoms with van der Waals surface area (Å²) in [5.41, 5.74) is 1.31. The number of hydrogen-bond acceptors (Lipinski definition) is 8. The molecule has 2 aromatic carbocycles. The van der Waals surface area contributed by atoms with Crippen molar-refractivity contribution >= 4 is 50.9 Å². The molecule has 0 bridgehead atoms. The van der Waals surface area contributed by atoms with Gasteiger partial charge in [-0.15, -0.1) is 0 Å². The Morgan fingerprint density at radius 1 is 1.24 bits per heavy atom. The summed E-state index contributed by atoms with van der Waals surface area (Å²) in [5.74, 6) is 0.301. The van der Waals surface area contributed by atoms with Crippen LogP contribution in [0.4, 0.5) is 0 Å². The van der Waals surface area contributed by atoms with Crippen molar-refractivity contribution in [2.24, 2.45) is 4.99 Å². The van der Waals surface area contributed by atoms with E-state index in [1.54, 1.807) is 50.3 Å². The van der Waals surface area contributed by atoms with E-state index in [9.17, 15) is 14.7 Å². The second-order valence-corrected chi connectivity index (χ2v) is 10.3. The van der Waals surface area contributed by atoms with Gasteiger partial charge in [-0.25, -0.2) is 9.79 Å². The Labute approximate surface area is 230 Å². The van der Waals surface area contributed by atoms with Gasteiger partial charge in [0.05, 0.1) is 47.2 Å². The Morgan fingerprint density at radius 2 is 2.00 bits per heavy atom. The van der Waals surface area contributed by atoms with E-state index in [1.807, 2.05) is 6.92 Å². The lowest BCUT2D eigenvalue weighted by molar-refractivity contribution is -0.139. The van der Waals surface area contributed by atoms with Gasteiger partial charge in [0.15, 0.2) is 16.3 Å². The zero-order valence-corrected chi connectivity index (χ0v) is 23.7. The van der Waals surface area contributed by atoms with Gasteiger partial charge in [0.2, 0.25) is 0 Å². The quantitative estimate of drug-likeness (QED) is 0.402. The summed E-state index contributed by atoms with van der Waals surface area (Å²) in [6.07, 6.45) is 1.55. The maximum atomic E-state index is 13.8. The van der Waals surface area contributed by atoms with E-state index in [1.165, 1.54) is 11.7 Å². The third-order valence-electron chi connectivity index (χ3n) is 5.66. The van der Waals surface area contributed by atoms with Crippen molar-refractivity contribution < 1.29 is 24.1 Å². The topological polar surface area (TPSA) is 99.4 Å². The number of carbonyl (C=O) groups excluding carboxylic acids is 1. The summed E-state index contributed by atoms with van der Waals surface area (Å²) in [6, 6.07) is 7.66. The SMILES string of the molecule is CCOC(=O)C1=C(C)N=c2s/c(=C\c3cc(Br)cc(Cl)c3O)c(=O)n2[C@@H]1c1ccc(OC)c(OCC)c1. The van der Waals surface area contributed by atoms with Crippen LogP contribution in [0.25, 0.3) is 6.08 Å². The number of phenolic OH excluding ortho intramolecular Hbond substituents is 1. The zero-order valence-electron chi connectivity index (χ0n) is 20.5. The number of halogens is 2. The number of benzene rings is 2. The van der Waals surface area contributed by atoms with Gasteiger partial charge in [-0.2, -0.15) is 0 Å². The number of thiazole rings is 1. The number of nitrogens with zero attached hydrogens (tertiary/aromatic N) is 2. The van der Waals surface area contributed by atoms with Crippen LogP contribution in [0.5, 0.6) is 17.2 Å². The highest BCUT2D eigenvalue weighted by atomic mass is 79.9. The number of ether oxygens (including phenoxy) is 3. The van der Waals surface area contributed by atoms with Crippen LogP contribution in [-0.2, 0) is 9.53 Å². The zero-order chi connectivity index (χ0) is 26.9. The largest absolute Gasteiger partial charge is 0.506 e. The normalized spacial score (nSPS) is 15.3. The highest BCUT2D eigenvalue weighted by Gasteiger charge is 2.34. The molecule has 0 amide bonds. The molecule has 1 aliphatic heterocycles. The number of hydrogen-bond donors (Lipinski definition) is 1. The van der Waals surface area contributed by atoms with Crippen LogP contribution in [0.2, 0.25) is 5.02 Å². The first-order valence-corrected chi connectivity index (χ1v) is 13.4. The standard InChI is InChI=1S/C26H24BrClN2O6S/c1-5-35-19-10-14(7-8-18(19)34-4)22-21(25(33)36-6-2)13(3)29-26-30(22)24(32)20(37-26)11-15-9-16(27)12-17(28)23(15)31/h7-12,22,31H,5-6H2,1-4H3/b20-11-/t22-/m1/s1. The van der Waals surface area contributed by atoms with E-state index in [0.29, 0.717) is 48.7 Å². The summed E-state index contributed by atoms with van der Waals surface area (Å²) in [5, 5.41) is 10.6. The number of carbonyl (C=O) groups is 1. The van der Waals surface area contributed by atoms with E-state index in [0.717, 1.165) is 11.3 Å². The summed E-state index contributed by atoms with van der Waals surface area (Å²) >= 11 is 10.6. The van der Waals surface area contributed by atoms with E-state index < -0.39 is 12.0 Å². The predicted molar refractivity (Wildman–Crippen MR) is 145 cm³/mol. The monoisotopic (exact) mass is 606 g/mol. The number of rotatable bonds is 7. The molecule has 0 radical (unpaired) electrons. The van der Waals surface area contributed by atoms with Gasteiger partial charge < -0.3 is 19.3 Å². The Kier molecular flexibility index (Phi) is 8.11. The van der Waals surface area contributed by atoms with Crippen LogP contribution in [0.3, 0.4) is 0 Å². The van der Waals surface area contributed by atoms with Gasteiger partial charge in [-0.1, -0.05) is 44.9 Å². The summed E-state index contributed by atoms with van der Waals surface area (Å²) < 4.78 is 18.9. The van der Waals surface area contributed by atoms with Gasteiger partial charge in [0.1, 0.15) is 5.75 Å². The maximum Gasteiger partial charge on any atom is 0.338 e. The minimum atomic E-state index is -0.817. The lowest BCUT2D eigenvalue weighted by Gasteiger charge is -2.25. The fourth-order valence-corrected chi connectivity index (χ4v) is 5.95. The van der Waals surface area contributed by atoms with Gasteiger partial charge in [-0.3, -0.25) is 9.36 Å². The molecule has 8 nitrogen and oxygen atoms in total. The van der Waals surface area contributed by atoms with Crippen LogP contribution in [0, 0.1) is 0 Å². The molecule has 1 aliphatic rings. The average molecular weight is 608 g/mol. The highest BCUT2D eigenvalue weighted by molar-refractivity contribution is 9.10. The molecule has 0 aliphatic carbocycles. The number of methoxy groups -OCH3 is 1. The molecule has 11 heteroatoms. The lowest BCUT2D eigenvalue weighted by atomic mass is 9.95. The van der Waals surface area contributed by atoms with Crippen LogP contribution in [0.15, 0.2) is 55.9 Å². The Bertz CT molecular complexity index is 1590. The maximum absolute atomic E-state index is 13.8. The van der Waals surface area contributed by atoms with E-state index >= 15 is 0 Å². The molecule has 194 valence electrons. The minimum absolute atomic E-state index is 0.146. The molecule has 0 saturated carbocycles. The Hall–Kier alpha value is -3.08. The summed E-state index contributed by atoms with van der Waals surface area (Å²) in [6.45, 7) is 5.85. The van der Waals surface area contributed by atoms with Crippen LogP contribution in [0.1, 0.15) is 37.9 Å². The van der Waals surface area contributed by atoms with E-state index in [-0.39, 0.29) is 28.5 Å². The third kappa shape index (κ3) is 5.18. The van der Waals surface area contributed by atoms with Crippen molar-refractivity contribution in [1.29, 1.82) is 0 Å². The average Bonchev–Trinajstić information content (AvgIpc) is 3.15. The van der Waals surface area contributed by atoms with Crippen molar-refractivity contribution in [2.45, 2.75) is 26.8 Å². The van der Waals surface area contributed by atoms with Gasteiger partial charge in [0, 0.05) is 10.0 Å². The molecular formula is C26H24BrClN2O6S. The Balaban J connectivity index is 1.99. The molecule has 4 rings (SSSR count). The van der Waals surface area contributed by atoms with Gasteiger partial charge >= 0.3 is 5.97 Å².